The molecule has 0 saturated carbocycles. The van der Waals surface area contributed by atoms with Gasteiger partial charge in [0.1, 0.15) is 5.01 Å². The first-order valence-electron chi connectivity index (χ1n) is 8.66. The van der Waals surface area contributed by atoms with E-state index in [1.54, 1.807) is 18.4 Å². The normalized spacial score (nSPS) is 11.8. The fraction of sp³-hybridized carbons (Fsp3) is 0.474. The Morgan fingerprint density at radius 2 is 2.00 bits per heavy atom. The molecule has 0 bridgehead atoms. The van der Waals surface area contributed by atoms with Crippen LogP contribution >= 0.6 is 11.3 Å². The van der Waals surface area contributed by atoms with Gasteiger partial charge in [-0.15, -0.1) is 11.3 Å². The van der Waals surface area contributed by atoms with Gasteiger partial charge in [0.2, 0.25) is 0 Å². The number of aliphatic imine (C=N–C) groups is 1. The third-order valence-electron chi connectivity index (χ3n) is 3.74. The first-order valence-corrected chi connectivity index (χ1v) is 9.54. The second kappa shape index (κ2) is 10.2. The number of thiazole rings is 1. The number of nitrogens with zero attached hydrogens (tertiary/aromatic N) is 2. The second-order valence-electron chi connectivity index (χ2n) is 6.07. The van der Waals surface area contributed by atoms with Crippen molar-refractivity contribution in [1.29, 1.82) is 0 Å². The molecule has 0 unspecified atom stereocenters. The van der Waals surface area contributed by atoms with Crippen LogP contribution in [0.5, 0.6) is 0 Å². The molecule has 0 fully saturated rings. The number of ether oxygens (including phenoxy) is 1. The summed E-state index contributed by atoms with van der Waals surface area (Å²) >= 11 is 1.69. The molecule has 0 aliphatic carbocycles. The highest BCUT2D eigenvalue weighted by Gasteiger charge is 2.07. The predicted molar refractivity (Wildman–Crippen MR) is 105 cm³/mol. The Kier molecular flexibility index (Phi) is 7.88. The largest absolute Gasteiger partial charge is 0.380 e. The first-order chi connectivity index (χ1) is 12.1. The Bertz CT molecular complexity index is 682. The topological polar surface area (TPSA) is 58.5 Å². The predicted octanol–water partition coefficient (Wildman–Crippen LogP) is 3.67. The standard InChI is InChI=1S/C19H28N4OS/c1-5-20-19(22-11-18-23-17(13-25-18)14(2)3)21-10-15-8-6-7-9-16(15)12-24-4/h6-9,13-14H,5,10-12H2,1-4H3,(H2,20,21,22). The highest BCUT2D eigenvalue weighted by molar-refractivity contribution is 7.09. The van der Waals surface area contributed by atoms with E-state index in [2.05, 4.69) is 53.9 Å². The van der Waals surface area contributed by atoms with Gasteiger partial charge in [-0.2, -0.15) is 0 Å². The Labute approximate surface area is 154 Å². The molecule has 5 nitrogen and oxygen atoms in total. The van der Waals surface area contributed by atoms with Crippen LogP contribution in [0.4, 0.5) is 0 Å². The number of benzene rings is 1. The molecule has 0 spiro atoms. The molecule has 2 rings (SSSR count). The molecule has 0 atom stereocenters. The summed E-state index contributed by atoms with van der Waals surface area (Å²) in [6.45, 7) is 9.11. The summed E-state index contributed by atoms with van der Waals surface area (Å²) in [4.78, 5) is 9.35. The number of hydrogen-bond donors (Lipinski definition) is 2. The van der Waals surface area contributed by atoms with Crippen LogP contribution in [0.25, 0.3) is 0 Å². The van der Waals surface area contributed by atoms with Crippen molar-refractivity contribution in [3.63, 3.8) is 0 Å². The van der Waals surface area contributed by atoms with E-state index in [0.717, 1.165) is 23.2 Å². The van der Waals surface area contributed by atoms with Crippen LogP contribution in [0.15, 0.2) is 34.6 Å². The number of nitrogens with one attached hydrogen (secondary N) is 2. The molecule has 0 amide bonds. The Balaban J connectivity index is 2.00. The SMILES string of the molecule is CCNC(=NCc1ccccc1COC)NCc1nc(C(C)C)cs1. The van der Waals surface area contributed by atoms with Gasteiger partial charge in [-0.05, 0) is 24.0 Å². The van der Waals surface area contributed by atoms with Crippen molar-refractivity contribution in [3.8, 4) is 0 Å². The minimum absolute atomic E-state index is 0.462. The Morgan fingerprint density at radius 1 is 1.24 bits per heavy atom. The molecule has 25 heavy (non-hydrogen) atoms. The summed E-state index contributed by atoms with van der Waals surface area (Å²) < 4.78 is 5.26. The number of rotatable bonds is 8. The molecule has 0 radical (unpaired) electrons. The quantitative estimate of drug-likeness (QED) is 0.557. The van der Waals surface area contributed by atoms with Crippen LogP contribution in [0.1, 0.15) is 48.5 Å². The van der Waals surface area contributed by atoms with Gasteiger partial charge in [-0.1, -0.05) is 38.1 Å². The molecule has 2 aromatic rings. The second-order valence-corrected chi connectivity index (χ2v) is 7.01. The number of aromatic nitrogens is 1. The van der Waals surface area contributed by atoms with Gasteiger partial charge in [0, 0.05) is 19.0 Å². The molecule has 1 heterocycles. The summed E-state index contributed by atoms with van der Waals surface area (Å²) in [5.74, 6) is 1.26. The maximum Gasteiger partial charge on any atom is 0.191 e. The van der Waals surface area contributed by atoms with Crippen LogP contribution in [0.2, 0.25) is 0 Å². The average Bonchev–Trinajstić information content (AvgIpc) is 3.08. The van der Waals surface area contributed by atoms with Crippen molar-refractivity contribution in [2.75, 3.05) is 13.7 Å². The molecule has 0 saturated heterocycles. The summed E-state index contributed by atoms with van der Waals surface area (Å²) in [7, 11) is 1.71. The molecule has 0 aliphatic heterocycles. The zero-order chi connectivity index (χ0) is 18.1. The fourth-order valence-corrected chi connectivity index (χ4v) is 3.24. The van der Waals surface area contributed by atoms with Crippen molar-refractivity contribution in [3.05, 3.63) is 51.5 Å². The van der Waals surface area contributed by atoms with Crippen LogP contribution in [0.3, 0.4) is 0 Å². The zero-order valence-electron chi connectivity index (χ0n) is 15.5. The van der Waals surface area contributed by atoms with E-state index in [-0.39, 0.29) is 0 Å². The first kappa shape index (κ1) is 19.4. The van der Waals surface area contributed by atoms with E-state index >= 15 is 0 Å². The third-order valence-corrected chi connectivity index (χ3v) is 4.61. The Hall–Kier alpha value is -1.92. The molecular weight excluding hydrogens is 332 g/mol. The average molecular weight is 361 g/mol. The van der Waals surface area contributed by atoms with E-state index in [4.69, 9.17) is 9.73 Å². The van der Waals surface area contributed by atoms with Gasteiger partial charge in [0.05, 0.1) is 25.4 Å². The van der Waals surface area contributed by atoms with E-state index in [9.17, 15) is 0 Å². The lowest BCUT2D eigenvalue weighted by Crippen LogP contribution is -2.36. The minimum atomic E-state index is 0.462. The summed E-state index contributed by atoms with van der Waals surface area (Å²) in [5.41, 5.74) is 3.50. The maximum absolute atomic E-state index is 5.26. The van der Waals surface area contributed by atoms with Crippen molar-refractivity contribution >= 4 is 17.3 Å². The number of guanidine groups is 1. The monoisotopic (exact) mass is 360 g/mol. The van der Waals surface area contributed by atoms with Crippen molar-refractivity contribution in [2.24, 2.45) is 4.99 Å². The van der Waals surface area contributed by atoms with Gasteiger partial charge >= 0.3 is 0 Å². The van der Waals surface area contributed by atoms with Gasteiger partial charge in [-0.25, -0.2) is 9.98 Å². The van der Waals surface area contributed by atoms with E-state index in [1.165, 1.54) is 11.1 Å². The van der Waals surface area contributed by atoms with Gasteiger partial charge in [0.25, 0.3) is 0 Å². The maximum atomic E-state index is 5.26. The van der Waals surface area contributed by atoms with Gasteiger partial charge in [-0.3, -0.25) is 0 Å². The lowest BCUT2D eigenvalue weighted by atomic mass is 10.1. The molecular formula is C19H28N4OS. The van der Waals surface area contributed by atoms with Gasteiger partial charge < -0.3 is 15.4 Å². The highest BCUT2D eigenvalue weighted by atomic mass is 32.1. The van der Waals surface area contributed by atoms with Crippen molar-refractivity contribution in [2.45, 2.75) is 46.4 Å². The minimum Gasteiger partial charge on any atom is -0.380 e. The number of hydrogen-bond acceptors (Lipinski definition) is 4. The molecule has 1 aromatic heterocycles. The van der Waals surface area contributed by atoms with Crippen LogP contribution in [0, 0.1) is 0 Å². The lowest BCUT2D eigenvalue weighted by molar-refractivity contribution is 0.184. The van der Waals surface area contributed by atoms with E-state index in [1.807, 2.05) is 12.1 Å². The summed E-state index contributed by atoms with van der Waals surface area (Å²) in [6.07, 6.45) is 0. The lowest BCUT2D eigenvalue weighted by Gasteiger charge is -2.11. The molecule has 2 N–H and O–H groups in total. The van der Waals surface area contributed by atoms with Crippen LogP contribution in [-0.4, -0.2) is 24.6 Å². The zero-order valence-corrected chi connectivity index (χ0v) is 16.3. The fourth-order valence-electron chi connectivity index (χ4n) is 2.34. The molecule has 136 valence electrons. The van der Waals surface area contributed by atoms with Crippen molar-refractivity contribution < 1.29 is 4.74 Å². The van der Waals surface area contributed by atoms with Crippen LogP contribution in [-0.2, 0) is 24.4 Å². The Morgan fingerprint density at radius 3 is 2.64 bits per heavy atom. The van der Waals surface area contributed by atoms with Crippen LogP contribution < -0.4 is 10.6 Å². The third kappa shape index (κ3) is 6.14. The van der Waals surface area contributed by atoms with Crippen molar-refractivity contribution in [1.82, 2.24) is 15.6 Å². The van der Waals surface area contributed by atoms with E-state index < -0.39 is 0 Å². The van der Waals surface area contributed by atoms with E-state index in [0.29, 0.717) is 25.6 Å². The summed E-state index contributed by atoms with van der Waals surface area (Å²) in [6, 6.07) is 8.24. The number of methoxy groups -OCH3 is 1. The highest BCUT2D eigenvalue weighted by Crippen LogP contribution is 2.17. The molecule has 1 aromatic carbocycles. The summed E-state index contributed by atoms with van der Waals surface area (Å²) in [5, 5.41) is 9.86. The molecule has 6 heteroatoms. The smallest absolute Gasteiger partial charge is 0.191 e. The van der Waals surface area contributed by atoms with Gasteiger partial charge in [0.15, 0.2) is 5.96 Å². The molecule has 0 aliphatic rings.